The molecule has 208 valence electrons. The van der Waals surface area contributed by atoms with E-state index in [9.17, 15) is 26.4 Å². The molecular formula is C23H23ClF3N7O4S. The van der Waals surface area contributed by atoms with Crippen LogP contribution in [0.3, 0.4) is 0 Å². The molecule has 16 heteroatoms. The number of primary sulfonamides is 1. The molecule has 5 N–H and O–H groups in total. The molecule has 0 unspecified atom stereocenters. The molecule has 1 saturated carbocycles. The number of nitrogens with one attached hydrogen (secondary N) is 3. The molecule has 0 saturated heterocycles. The van der Waals surface area contributed by atoms with Gasteiger partial charge in [0.05, 0.1) is 11.3 Å². The fraction of sp³-hybridized carbons (Fsp3) is 0.304. The van der Waals surface area contributed by atoms with Crippen molar-refractivity contribution in [3.63, 3.8) is 0 Å². The third-order valence-electron chi connectivity index (χ3n) is 5.55. The van der Waals surface area contributed by atoms with E-state index in [1.54, 1.807) is 12.1 Å². The average molecular weight is 586 g/mol. The van der Waals surface area contributed by atoms with Crippen molar-refractivity contribution in [2.75, 3.05) is 29.5 Å². The van der Waals surface area contributed by atoms with Crippen molar-refractivity contribution >= 4 is 45.1 Å². The zero-order valence-electron chi connectivity index (χ0n) is 20.1. The van der Waals surface area contributed by atoms with Gasteiger partial charge in [-0.25, -0.2) is 13.6 Å². The van der Waals surface area contributed by atoms with Gasteiger partial charge in [0.15, 0.2) is 6.61 Å². The van der Waals surface area contributed by atoms with Gasteiger partial charge in [-0.2, -0.15) is 28.1 Å². The van der Waals surface area contributed by atoms with Crippen molar-refractivity contribution in [3.8, 4) is 6.01 Å². The number of nitrogens with two attached hydrogens (primary N) is 1. The molecule has 1 aliphatic rings. The van der Waals surface area contributed by atoms with Crippen molar-refractivity contribution in [1.82, 2.24) is 20.3 Å². The SMILES string of the molecule is NS(=O)(=O)CCNC(=O)c1ccc(Nc2nc(NC3(c4ccc(Cl)cc4)CC3)nc(OCC(F)(F)F)n2)cc1. The summed E-state index contributed by atoms with van der Waals surface area (Å²) < 4.78 is 65.0. The summed E-state index contributed by atoms with van der Waals surface area (Å²) in [5.74, 6) is -1.02. The number of carbonyl (C=O) groups excluding carboxylic acids is 1. The minimum Gasteiger partial charge on any atom is -0.454 e. The second kappa shape index (κ2) is 11.2. The van der Waals surface area contributed by atoms with Crippen LogP contribution in [0.4, 0.5) is 30.8 Å². The molecule has 0 bridgehead atoms. The highest BCUT2D eigenvalue weighted by molar-refractivity contribution is 7.89. The Morgan fingerprint density at radius 2 is 1.67 bits per heavy atom. The molecular weight excluding hydrogens is 563 g/mol. The summed E-state index contributed by atoms with van der Waals surface area (Å²) in [6, 6.07) is 12.6. The standard InChI is InChI=1S/C23H23ClF3N7O4S/c24-16-5-3-15(4-6-16)22(9-10-22)34-20-31-19(32-21(33-20)38-13-23(25,26)27)30-17-7-1-14(2-8-17)18(35)29-11-12-39(28,36)37/h1-8H,9-13H2,(H,29,35)(H2,28,36,37)(H2,30,31,32,33,34). The van der Waals surface area contributed by atoms with Gasteiger partial charge in [0, 0.05) is 22.8 Å². The Balaban J connectivity index is 1.50. The molecule has 0 atom stereocenters. The van der Waals surface area contributed by atoms with Gasteiger partial charge in [0.1, 0.15) is 0 Å². The predicted molar refractivity (Wildman–Crippen MR) is 137 cm³/mol. The highest BCUT2D eigenvalue weighted by Crippen LogP contribution is 2.48. The lowest BCUT2D eigenvalue weighted by molar-refractivity contribution is -0.154. The van der Waals surface area contributed by atoms with Gasteiger partial charge in [-0.3, -0.25) is 4.79 Å². The van der Waals surface area contributed by atoms with Crippen LogP contribution >= 0.6 is 11.6 Å². The first-order chi connectivity index (χ1) is 18.3. The molecule has 0 aliphatic heterocycles. The molecule has 1 aromatic heterocycles. The number of amides is 1. The van der Waals surface area contributed by atoms with Crippen molar-refractivity contribution in [1.29, 1.82) is 0 Å². The summed E-state index contributed by atoms with van der Waals surface area (Å²) in [5.41, 5.74) is 1.05. The predicted octanol–water partition coefficient (Wildman–Crippen LogP) is 3.33. The number of hydrogen-bond donors (Lipinski definition) is 4. The van der Waals surface area contributed by atoms with E-state index >= 15 is 0 Å². The summed E-state index contributed by atoms with van der Waals surface area (Å²) in [5, 5.41) is 13.9. The second-order valence-corrected chi connectivity index (χ2v) is 10.9. The first kappa shape index (κ1) is 28.3. The van der Waals surface area contributed by atoms with E-state index < -0.39 is 46.0 Å². The number of nitrogens with zero attached hydrogens (tertiary/aromatic N) is 3. The van der Waals surface area contributed by atoms with Crippen LogP contribution in [0.25, 0.3) is 0 Å². The molecule has 4 rings (SSSR count). The zero-order chi connectivity index (χ0) is 28.3. The highest BCUT2D eigenvalue weighted by Gasteiger charge is 2.45. The maximum absolute atomic E-state index is 12.8. The molecule has 11 nitrogen and oxygen atoms in total. The minimum atomic E-state index is -4.60. The van der Waals surface area contributed by atoms with Crippen LogP contribution in [-0.4, -0.2) is 54.4 Å². The summed E-state index contributed by atoms with van der Waals surface area (Å²) in [4.78, 5) is 24.4. The van der Waals surface area contributed by atoms with Crippen LogP contribution < -0.4 is 25.8 Å². The number of rotatable bonds is 11. The first-order valence-electron chi connectivity index (χ1n) is 11.5. The van der Waals surface area contributed by atoms with Crippen LogP contribution in [0.2, 0.25) is 5.02 Å². The highest BCUT2D eigenvalue weighted by atomic mass is 35.5. The Hall–Kier alpha value is -3.69. The molecule has 1 heterocycles. The summed E-state index contributed by atoms with van der Waals surface area (Å²) >= 11 is 5.98. The summed E-state index contributed by atoms with van der Waals surface area (Å²) in [6.07, 6.45) is -3.12. The Morgan fingerprint density at radius 3 is 2.26 bits per heavy atom. The van der Waals surface area contributed by atoms with E-state index in [-0.39, 0.29) is 24.0 Å². The van der Waals surface area contributed by atoms with Crippen LogP contribution in [0.5, 0.6) is 6.01 Å². The molecule has 3 aromatic rings. The van der Waals surface area contributed by atoms with Crippen LogP contribution in [0.15, 0.2) is 48.5 Å². The number of benzene rings is 2. The Bertz CT molecular complexity index is 1440. The second-order valence-electron chi connectivity index (χ2n) is 8.71. The molecule has 0 spiro atoms. The fourth-order valence-electron chi connectivity index (χ4n) is 3.52. The van der Waals surface area contributed by atoms with Crippen molar-refractivity contribution in [3.05, 3.63) is 64.7 Å². The van der Waals surface area contributed by atoms with E-state index in [0.29, 0.717) is 10.7 Å². The summed E-state index contributed by atoms with van der Waals surface area (Å²) in [7, 11) is -3.71. The molecule has 1 fully saturated rings. The summed E-state index contributed by atoms with van der Waals surface area (Å²) in [6.45, 7) is -1.75. The Labute approximate surface area is 226 Å². The number of aromatic nitrogens is 3. The Morgan fingerprint density at radius 1 is 1.03 bits per heavy atom. The molecule has 1 aliphatic carbocycles. The van der Waals surface area contributed by atoms with Crippen molar-refractivity contribution in [2.24, 2.45) is 5.14 Å². The van der Waals surface area contributed by atoms with Crippen molar-refractivity contribution in [2.45, 2.75) is 24.6 Å². The van der Waals surface area contributed by atoms with E-state index in [1.807, 2.05) is 12.1 Å². The molecule has 39 heavy (non-hydrogen) atoms. The minimum absolute atomic E-state index is 0.00276. The number of sulfonamides is 1. The maximum atomic E-state index is 12.8. The van der Waals surface area contributed by atoms with Crippen molar-refractivity contribution < 1.29 is 31.1 Å². The van der Waals surface area contributed by atoms with Gasteiger partial charge in [-0.05, 0) is 54.8 Å². The van der Waals surface area contributed by atoms with Gasteiger partial charge in [-0.1, -0.05) is 23.7 Å². The monoisotopic (exact) mass is 585 g/mol. The van der Waals surface area contributed by atoms with E-state index in [4.69, 9.17) is 21.5 Å². The van der Waals surface area contributed by atoms with Gasteiger partial charge in [0.2, 0.25) is 21.9 Å². The first-order valence-corrected chi connectivity index (χ1v) is 13.6. The number of carbonyl (C=O) groups is 1. The number of ether oxygens (including phenoxy) is 1. The Kier molecular flexibility index (Phi) is 8.13. The lowest BCUT2D eigenvalue weighted by atomic mass is 10.1. The number of hydrogen-bond acceptors (Lipinski definition) is 9. The quantitative estimate of drug-likeness (QED) is 0.264. The van der Waals surface area contributed by atoms with Gasteiger partial charge in [-0.15, -0.1) is 0 Å². The third-order valence-corrected chi connectivity index (χ3v) is 6.58. The van der Waals surface area contributed by atoms with Gasteiger partial charge < -0.3 is 20.7 Å². The van der Waals surface area contributed by atoms with Crippen LogP contribution in [0.1, 0.15) is 28.8 Å². The number of anilines is 3. The normalized spacial score (nSPS) is 14.4. The average Bonchev–Trinajstić information content (AvgIpc) is 3.62. The van der Waals surface area contributed by atoms with Gasteiger partial charge >= 0.3 is 12.2 Å². The lowest BCUT2D eigenvalue weighted by Gasteiger charge is -2.19. The van der Waals surface area contributed by atoms with Gasteiger partial charge in [0.25, 0.3) is 5.91 Å². The van der Waals surface area contributed by atoms with E-state index in [0.717, 1.165) is 18.4 Å². The van der Waals surface area contributed by atoms with Crippen LogP contribution in [0, 0.1) is 0 Å². The van der Waals surface area contributed by atoms with Crippen LogP contribution in [-0.2, 0) is 15.6 Å². The number of halogens is 4. The smallest absolute Gasteiger partial charge is 0.422 e. The zero-order valence-corrected chi connectivity index (χ0v) is 21.7. The molecule has 0 radical (unpaired) electrons. The maximum Gasteiger partial charge on any atom is 0.422 e. The molecule has 2 aromatic carbocycles. The molecule has 1 amide bonds. The number of alkyl halides is 3. The third kappa shape index (κ3) is 8.40. The van der Waals surface area contributed by atoms with E-state index in [2.05, 4.69) is 30.9 Å². The lowest BCUT2D eigenvalue weighted by Crippen LogP contribution is -2.31. The topological polar surface area (TPSA) is 161 Å². The largest absolute Gasteiger partial charge is 0.454 e. The van der Waals surface area contributed by atoms with E-state index in [1.165, 1.54) is 24.3 Å². The fourth-order valence-corrected chi connectivity index (χ4v) is 4.03.